The van der Waals surface area contributed by atoms with Crippen LogP contribution in [0.3, 0.4) is 0 Å². The van der Waals surface area contributed by atoms with Crippen molar-refractivity contribution in [3.8, 4) is 5.75 Å². The molecule has 1 amide bonds. The predicted octanol–water partition coefficient (Wildman–Crippen LogP) is 2.82. The third kappa shape index (κ3) is 4.21. The van der Waals surface area contributed by atoms with Crippen LogP contribution < -0.4 is 20.6 Å². The number of carbonyl (C=O) groups excluding carboxylic acids is 1. The number of amides is 1. The maximum atomic E-state index is 14.1. The number of nitro benzene ring substituents is 1. The summed E-state index contributed by atoms with van der Waals surface area (Å²) in [6.07, 6.45) is -0.898. The summed E-state index contributed by atoms with van der Waals surface area (Å²) in [5.74, 6) is -0.151. The zero-order chi connectivity index (χ0) is 24.5. The molecule has 0 fully saturated rings. The first kappa shape index (κ1) is 22.5. The highest BCUT2D eigenvalue weighted by Gasteiger charge is 2.36. The molecular weight excluding hydrogens is 473 g/mol. The van der Waals surface area contributed by atoms with E-state index in [-0.39, 0.29) is 28.1 Å². The molecule has 0 spiro atoms. The Labute approximate surface area is 202 Å². The Kier molecular flexibility index (Phi) is 5.91. The van der Waals surface area contributed by atoms with Gasteiger partial charge >= 0.3 is 0 Å². The van der Waals surface area contributed by atoms with Crippen molar-refractivity contribution in [1.29, 1.82) is 0 Å². The average molecular weight is 492 g/mol. The SMILES string of the molecule is COc1ccc([N+](=O)[O-])cc1C1N=c2ccccc2=C2C(=O)NC(SCc3ccccc3F)=NN21. The van der Waals surface area contributed by atoms with E-state index in [1.165, 1.54) is 36.4 Å². The third-order valence-electron chi connectivity index (χ3n) is 5.54. The van der Waals surface area contributed by atoms with Gasteiger partial charge in [-0.1, -0.05) is 48.2 Å². The smallest absolute Gasteiger partial charge is 0.276 e. The number of carbonyl (C=O) groups is 1. The Morgan fingerprint density at radius 3 is 2.71 bits per heavy atom. The molecule has 2 aliphatic heterocycles. The number of rotatable bonds is 5. The first-order valence-electron chi connectivity index (χ1n) is 10.5. The van der Waals surface area contributed by atoms with E-state index in [0.717, 1.165) is 11.8 Å². The van der Waals surface area contributed by atoms with E-state index < -0.39 is 17.0 Å². The molecule has 0 saturated heterocycles. The van der Waals surface area contributed by atoms with Crippen LogP contribution in [0.25, 0.3) is 5.70 Å². The minimum atomic E-state index is -0.898. The van der Waals surface area contributed by atoms with E-state index in [1.807, 2.05) is 0 Å². The molecular formula is C24H18FN5O4S. The van der Waals surface area contributed by atoms with E-state index in [1.54, 1.807) is 42.5 Å². The van der Waals surface area contributed by atoms with Crippen LogP contribution in [0.4, 0.5) is 10.1 Å². The van der Waals surface area contributed by atoms with E-state index in [9.17, 15) is 19.3 Å². The normalized spacial score (nSPS) is 16.5. The quantitative estimate of drug-likeness (QED) is 0.434. The lowest BCUT2D eigenvalue weighted by molar-refractivity contribution is -0.385. The highest BCUT2D eigenvalue weighted by Crippen LogP contribution is 2.37. The Bertz CT molecular complexity index is 1510. The molecule has 0 bridgehead atoms. The summed E-state index contributed by atoms with van der Waals surface area (Å²) in [6, 6.07) is 17.7. The monoisotopic (exact) mass is 491 g/mol. The number of methoxy groups -OCH3 is 1. The molecule has 0 saturated carbocycles. The molecule has 5 rings (SSSR count). The van der Waals surface area contributed by atoms with Gasteiger partial charge in [-0.05, 0) is 23.8 Å². The van der Waals surface area contributed by atoms with Crippen LogP contribution in [0.2, 0.25) is 0 Å². The summed E-state index contributed by atoms with van der Waals surface area (Å²) in [4.78, 5) is 29.0. The fraction of sp³-hybridized carbons (Fsp3) is 0.125. The van der Waals surface area contributed by atoms with E-state index in [4.69, 9.17) is 9.73 Å². The molecule has 1 N–H and O–H groups in total. The van der Waals surface area contributed by atoms with Gasteiger partial charge in [0.05, 0.1) is 17.4 Å². The fourth-order valence-corrected chi connectivity index (χ4v) is 4.73. The topological polar surface area (TPSA) is 109 Å². The number of halogens is 1. The first-order valence-corrected chi connectivity index (χ1v) is 11.5. The largest absolute Gasteiger partial charge is 0.496 e. The standard InChI is InChI=1S/C24H18FN5O4S/c1-34-20-11-10-15(30(32)33)12-17(20)22-26-19-9-5-3-7-16(19)21-23(31)27-24(28-29(21)22)35-13-14-6-2-4-8-18(14)25/h2-12,22H,13H2,1H3,(H,27,28,31). The van der Waals surface area contributed by atoms with Crippen LogP contribution in [0, 0.1) is 15.9 Å². The Hall–Kier alpha value is -4.25. The van der Waals surface area contributed by atoms with Crippen LogP contribution in [-0.4, -0.2) is 28.1 Å². The summed E-state index contributed by atoms with van der Waals surface area (Å²) < 4.78 is 19.5. The van der Waals surface area contributed by atoms with Crippen molar-refractivity contribution in [3.63, 3.8) is 0 Å². The average Bonchev–Trinajstić information content (AvgIpc) is 2.87. The second-order valence-corrected chi connectivity index (χ2v) is 8.60. The van der Waals surface area contributed by atoms with Gasteiger partial charge < -0.3 is 4.74 Å². The highest BCUT2D eigenvalue weighted by molar-refractivity contribution is 8.13. The number of thioether (sulfide) groups is 1. The molecule has 0 aliphatic carbocycles. The minimum Gasteiger partial charge on any atom is -0.496 e. The predicted molar refractivity (Wildman–Crippen MR) is 128 cm³/mol. The minimum absolute atomic E-state index is 0.143. The van der Waals surface area contributed by atoms with Crippen molar-refractivity contribution in [3.05, 3.63) is 104 Å². The van der Waals surface area contributed by atoms with Crippen molar-refractivity contribution in [2.45, 2.75) is 11.9 Å². The number of nitro groups is 1. The number of hydrogen-bond donors (Lipinski definition) is 1. The summed E-state index contributed by atoms with van der Waals surface area (Å²) in [6.45, 7) is 0. The number of para-hydroxylation sites is 1. The van der Waals surface area contributed by atoms with Crippen molar-refractivity contribution in [2.24, 2.45) is 10.1 Å². The van der Waals surface area contributed by atoms with Crippen molar-refractivity contribution < 1.29 is 18.8 Å². The summed E-state index contributed by atoms with van der Waals surface area (Å²) in [5, 5.41) is 21.6. The van der Waals surface area contributed by atoms with Crippen LogP contribution >= 0.6 is 11.8 Å². The Balaban J connectivity index is 1.62. The van der Waals surface area contributed by atoms with Gasteiger partial charge in [0.1, 0.15) is 17.3 Å². The molecule has 11 heteroatoms. The number of non-ortho nitro benzene ring substituents is 1. The molecule has 176 valence electrons. The van der Waals surface area contributed by atoms with Crippen LogP contribution in [0.15, 0.2) is 76.8 Å². The Morgan fingerprint density at radius 2 is 1.94 bits per heavy atom. The number of ether oxygens (including phenoxy) is 1. The zero-order valence-corrected chi connectivity index (χ0v) is 19.2. The van der Waals surface area contributed by atoms with Gasteiger partial charge in [0.2, 0.25) is 0 Å². The number of hydrazone groups is 1. The molecule has 9 nitrogen and oxygen atoms in total. The van der Waals surface area contributed by atoms with Crippen LogP contribution in [0.5, 0.6) is 5.75 Å². The zero-order valence-electron chi connectivity index (χ0n) is 18.3. The molecule has 3 aromatic carbocycles. The number of nitrogens with one attached hydrogen (secondary N) is 1. The number of fused-ring (bicyclic) bond motifs is 2. The maximum Gasteiger partial charge on any atom is 0.276 e. The fourth-order valence-electron chi connectivity index (χ4n) is 3.89. The summed E-state index contributed by atoms with van der Waals surface area (Å²) in [7, 11) is 1.45. The molecule has 1 atom stereocenters. The van der Waals surface area contributed by atoms with Crippen molar-refractivity contribution >= 4 is 34.2 Å². The van der Waals surface area contributed by atoms with Gasteiger partial charge in [-0.2, -0.15) is 0 Å². The lowest BCUT2D eigenvalue weighted by atomic mass is 10.1. The molecule has 0 radical (unpaired) electrons. The summed E-state index contributed by atoms with van der Waals surface area (Å²) in [5.41, 5.74) is 0.959. The molecule has 2 aliphatic rings. The summed E-state index contributed by atoms with van der Waals surface area (Å²) >= 11 is 1.16. The maximum absolute atomic E-state index is 14.1. The van der Waals surface area contributed by atoms with Crippen LogP contribution in [0.1, 0.15) is 17.3 Å². The van der Waals surface area contributed by atoms with Crippen LogP contribution in [-0.2, 0) is 10.5 Å². The Morgan fingerprint density at radius 1 is 1.17 bits per heavy atom. The molecule has 3 aromatic rings. The van der Waals surface area contributed by atoms with E-state index >= 15 is 0 Å². The van der Waals surface area contributed by atoms with Gasteiger partial charge in [0, 0.05) is 28.7 Å². The van der Waals surface area contributed by atoms with Crippen molar-refractivity contribution in [1.82, 2.24) is 10.3 Å². The number of benzene rings is 3. The first-order chi connectivity index (χ1) is 17.0. The molecule has 35 heavy (non-hydrogen) atoms. The molecule has 0 aromatic heterocycles. The van der Waals surface area contributed by atoms with Gasteiger partial charge in [-0.3, -0.25) is 25.2 Å². The van der Waals surface area contributed by atoms with E-state index in [2.05, 4.69) is 10.4 Å². The van der Waals surface area contributed by atoms with Gasteiger partial charge in [-0.15, -0.1) is 5.10 Å². The second-order valence-electron chi connectivity index (χ2n) is 7.64. The number of amidine groups is 1. The van der Waals surface area contributed by atoms with Gasteiger partial charge in [-0.25, -0.2) is 9.40 Å². The lowest BCUT2D eigenvalue weighted by Gasteiger charge is -2.34. The van der Waals surface area contributed by atoms with E-state index in [0.29, 0.717) is 27.5 Å². The number of nitrogens with zero attached hydrogens (tertiary/aromatic N) is 4. The second kappa shape index (κ2) is 9.18. The number of hydrogen-bond acceptors (Lipinski definition) is 8. The molecule has 1 unspecified atom stereocenters. The van der Waals surface area contributed by atoms with Gasteiger partial charge in [0.15, 0.2) is 11.3 Å². The lowest BCUT2D eigenvalue weighted by Crippen LogP contribution is -2.50. The van der Waals surface area contributed by atoms with Crippen molar-refractivity contribution in [2.75, 3.05) is 7.11 Å². The van der Waals surface area contributed by atoms with Gasteiger partial charge in [0.25, 0.3) is 11.6 Å². The highest BCUT2D eigenvalue weighted by atomic mass is 32.2. The molecule has 2 heterocycles. The third-order valence-corrected chi connectivity index (χ3v) is 6.45.